The van der Waals surface area contributed by atoms with Gasteiger partial charge >= 0.3 is 5.97 Å². The van der Waals surface area contributed by atoms with Crippen molar-refractivity contribution in [3.8, 4) is 0 Å². The molecule has 4 nitrogen and oxygen atoms in total. The lowest BCUT2D eigenvalue weighted by molar-refractivity contribution is 0.0522. The lowest BCUT2D eigenvalue weighted by atomic mass is 10.0. The average molecular weight is 271 g/mol. The Balaban J connectivity index is 3.11. The predicted octanol–water partition coefficient (Wildman–Crippen LogP) is 2.17. The standard InChI is InChI=1S/C13H15ClO4/c1-3-18-13(17)11-5-4-9(6-10(11)7-15)12(16)8(2)14/h4-6,8,15H,3,7H2,1-2H3. The van der Waals surface area contributed by atoms with Gasteiger partial charge in [-0.2, -0.15) is 0 Å². The summed E-state index contributed by atoms with van der Waals surface area (Å²) in [5, 5.41) is 8.58. The van der Waals surface area contributed by atoms with Gasteiger partial charge in [0.2, 0.25) is 0 Å². The van der Waals surface area contributed by atoms with Crippen LogP contribution in [0.3, 0.4) is 0 Å². The maximum absolute atomic E-state index is 11.7. The second-order valence-electron chi connectivity index (χ2n) is 3.73. The molecule has 98 valence electrons. The fraction of sp³-hybridized carbons (Fsp3) is 0.385. The number of carbonyl (C=O) groups excluding carboxylic acids is 2. The molecular formula is C13H15ClO4. The zero-order chi connectivity index (χ0) is 13.7. The van der Waals surface area contributed by atoms with E-state index in [1.807, 2.05) is 0 Å². The van der Waals surface area contributed by atoms with Crippen molar-refractivity contribution in [2.24, 2.45) is 0 Å². The van der Waals surface area contributed by atoms with E-state index in [9.17, 15) is 14.7 Å². The van der Waals surface area contributed by atoms with E-state index in [4.69, 9.17) is 16.3 Å². The van der Waals surface area contributed by atoms with Crippen molar-refractivity contribution in [1.29, 1.82) is 0 Å². The van der Waals surface area contributed by atoms with Gasteiger partial charge in [-0.15, -0.1) is 11.6 Å². The van der Waals surface area contributed by atoms with E-state index >= 15 is 0 Å². The van der Waals surface area contributed by atoms with Crippen molar-refractivity contribution in [3.63, 3.8) is 0 Å². The molecule has 0 aliphatic heterocycles. The number of hydrogen-bond donors (Lipinski definition) is 1. The highest BCUT2D eigenvalue weighted by Gasteiger charge is 2.17. The first-order chi connectivity index (χ1) is 8.51. The van der Waals surface area contributed by atoms with Crippen molar-refractivity contribution < 1.29 is 19.4 Å². The number of halogens is 1. The van der Waals surface area contributed by atoms with Crippen molar-refractivity contribution in [2.75, 3.05) is 6.61 Å². The number of ether oxygens (including phenoxy) is 1. The number of benzene rings is 1. The van der Waals surface area contributed by atoms with Crippen LogP contribution in [0.1, 0.15) is 40.1 Å². The highest BCUT2D eigenvalue weighted by atomic mass is 35.5. The topological polar surface area (TPSA) is 63.6 Å². The lowest BCUT2D eigenvalue weighted by Gasteiger charge is -2.09. The number of alkyl halides is 1. The van der Waals surface area contributed by atoms with Gasteiger partial charge in [-0.1, -0.05) is 6.07 Å². The number of rotatable bonds is 5. The summed E-state index contributed by atoms with van der Waals surface area (Å²) in [6, 6.07) is 4.44. The van der Waals surface area contributed by atoms with Crippen LogP contribution in [0.2, 0.25) is 0 Å². The summed E-state index contributed by atoms with van der Waals surface area (Å²) in [7, 11) is 0. The minimum Gasteiger partial charge on any atom is -0.462 e. The zero-order valence-corrected chi connectivity index (χ0v) is 11.0. The molecule has 1 aromatic carbocycles. The van der Waals surface area contributed by atoms with Gasteiger partial charge in [-0.3, -0.25) is 4.79 Å². The SMILES string of the molecule is CCOC(=O)c1ccc(C(=O)C(C)Cl)cc1CO. The Bertz CT molecular complexity index is 454. The minimum absolute atomic E-state index is 0.248. The largest absolute Gasteiger partial charge is 0.462 e. The van der Waals surface area contributed by atoms with Crippen molar-refractivity contribution >= 4 is 23.4 Å². The Morgan fingerprint density at radius 3 is 2.61 bits per heavy atom. The van der Waals surface area contributed by atoms with E-state index in [2.05, 4.69) is 0 Å². The van der Waals surface area contributed by atoms with Crippen LogP contribution in [0.4, 0.5) is 0 Å². The second kappa shape index (κ2) is 6.52. The highest BCUT2D eigenvalue weighted by molar-refractivity contribution is 6.33. The second-order valence-corrected chi connectivity index (χ2v) is 4.39. The molecule has 0 heterocycles. The molecule has 0 spiro atoms. The van der Waals surface area contributed by atoms with Crippen LogP contribution in [-0.2, 0) is 11.3 Å². The van der Waals surface area contributed by atoms with Gasteiger partial charge in [0.1, 0.15) is 0 Å². The number of carbonyl (C=O) groups is 2. The number of aliphatic hydroxyl groups is 1. The van der Waals surface area contributed by atoms with Crippen LogP contribution >= 0.6 is 11.6 Å². The van der Waals surface area contributed by atoms with E-state index in [0.717, 1.165) is 0 Å². The third-order valence-electron chi connectivity index (χ3n) is 2.42. The Hall–Kier alpha value is -1.39. The fourth-order valence-corrected chi connectivity index (χ4v) is 1.64. The van der Waals surface area contributed by atoms with Gasteiger partial charge in [-0.05, 0) is 31.5 Å². The highest BCUT2D eigenvalue weighted by Crippen LogP contribution is 2.16. The predicted molar refractivity (Wildman–Crippen MR) is 68.0 cm³/mol. The first-order valence-electron chi connectivity index (χ1n) is 5.60. The molecule has 0 aliphatic carbocycles. The maximum Gasteiger partial charge on any atom is 0.338 e. The lowest BCUT2D eigenvalue weighted by Crippen LogP contribution is -2.13. The van der Waals surface area contributed by atoms with Crippen LogP contribution in [0, 0.1) is 0 Å². The Morgan fingerprint density at radius 2 is 2.11 bits per heavy atom. The molecule has 18 heavy (non-hydrogen) atoms. The molecule has 0 aliphatic rings. The third kappa shape index (κ3) is 3.31. The van der Waals surface area contributed by atoms with E-state index in [1.54, 1.807) is 13.8 Å². The van der Waals surface area contributed by atoms with Gasteiger partial charge in [-0.25, -0.2) is 4.79 Å². The molecule has 1 unspecified atom stereocenters. The minimum atomic E-state index is -0.648. The molecule has 0 fully saturated rings. The number of esters is 1. The van der Waals surface area contributed by atoms with E-state index in [0.29, 0.717) is 11.1 Å². The normalized spacial score (nSPS) is 12.0. The van der Waals surface area contributed by atoms with Crippen molar-refractivity contribution in [3.05, 3.63) is 34.9 Å². The Kier molecular flexibility index (Phi) is 5.31. The molecule has 0 saturated heterocycles. The van der Waals surface area contributed by atoms with E-state index < -0.39 is 11.3 Å². The molecular weight excluding hydrogens is 256 g/mol. The molecule has 0 aromatic heterocycles. The number of Topliss-reactive ketones (excluding diaryl/α,β-unsaturated/α-hetero) is 1. The van der Waals surface area contributed by atoms with Crippen LogP contribution in [0.25, 0.3) is 0 Å². The van der Waals surface area contributed by atoms with E-state index in [-0.39, 0.29) is 24.6 Å². The number of ketones is 1. The quantitative estimate of drug-likeness (QED) is 0.506. The van der Waals surface area contributed by atoms with Gasteiger partial charge < -0.3 is 9.84 Å². The first-order valence-corrected chi connectivity index (χ1v) is 6.04. The fourth-order valence-electron chi connectivity index (χ4n) is 1.52. The summed E-state index contributed by atoms with van der Waals surface area (Å²) in [5.41, 5.74) is 0.990. The zero-order valence-electron chi connectivity index (χ0n) is 10.3. The summed E-state index contributed by atoms with van der Waals surface area (Å²) < 4.78 is 4.86. The van der Waals surface area contributed by atoms with Crippen molar-refractivity contribution in [2.45, 2.75) is 25.8 Å². The summed E-state index contributed by atoms with van der Waals surface area (Å²) in [4.78, 5) is 23.3. The molecule has 1 atom stereocenters. The summed E-state index contributed by atoms with van der Waals surface area (Å²) >= 11 is 5.71. The Morgan fingerprint density at radius 1 is 1.44 bits per heavy atom. The van der Waals surface area contributed by atoms with Crippen LogP contribution in [0.5, 0.6) is 0 Å². The van der Waals surface area contributed by atoms with Gasteiger partial charge in [0.15, 0.2) is 5.78 Å². The summed E-state index contributed by atoms with van der Waals surface area (Å²) in [6.45, 7) is 3.18. The first kappa shape index (κ1) is 14.7. The Labute approximate surface area is 111 Å². The van der Waals surface area contributed by atoms with Crippen molar-refractivity contribution in [1.82, 2.24) is 0 Å². The molecule has 0 bridgehead atoms. The van der Waals surface area contributed by atoms with Crippen LogP contribution < -0.4 is 0 Å². The molecule has 1 rings (SSSR count). The molecule has 0 saturated carbocycles. The molecule has 0 amide bonds. The average Bonchev–Trinajstić information content (AvgIpc) is 2.37. The molecule has 5 heteroatoms. The molecule has 0 radical (unpaired) electrons. The van der Waals surface area contributed by atoms with Gasteiger partial charge in [0.05, 0.1) is 24.2 Å². The van der Waals surface area contributed by atoms with Gasteiger partial charge in [0, 0.05) is 5.56 Å². The van der Waals surface area contributed by atoms with E-state index in [1.165, 1.54) is 18.2 Å². The monoisotopic (exact) mass is 270 g/mol. The summed E-state index contributed by atoms with van der Waals surface area (Å²) in [6.07, 6.45) is 0. The molecule has 1 aromatic rings. The smallest absolute Gasteiger partial charge is 0.338 e. The maximum atomic E-state index is 11.7. The number of aliphatic hydroxyl groups excluding tert-OH is 1. The molecule has 1 N–H and O–H groups in total. The van der Waals surface area contributed by atoms with Gasteiger partial charge in [0.25, 0.3) is 0 Å². The summed E-state index contributed by atoms with van der Waals surface area (Å²) in [5.74, 6) is -0.763. The van der Waals surface area contributed by atoms with Crippen LogP contribution in [0.15, 0.2) is 18.2 Å². The number of hydrogen-bond acceptors (Lipinski definition) is 4. The van der Waals surface area contributed by atoms with Crippen LogP contribution in [-0.4, -0.2) is 28.8 Å². The third-order valence-corrected chi connectivity index (χ3v) is 2.61.